The highest BCUT2D eigenvalue weighted by Gasteiger charge is 2.21. The first kappa shape index (κ1) is 23.6. The van der Waals surface area contributed by atoms with E-state index in [0.717, 1.165) is 38.0 Å². The maximum atomic E-state index is 12.5. The van der Waals surface area contributed by atoms with Crippen LogP contribution in [0.25, 0.3) is 11.1 Å². The molecule has 0 amide bonds. The van der Waals surface area contributed by atoms with Crippen molar-refractivity contribution in [3.05, 3.63) is 42.0 Å². The van der Waals surface area contributed by atoms with E-state index in [1.165, 1.54) is 7.11 Å². The van der Waals surface area contributed by atoms with Crippen molar-refractivity contribution in [1.29, 1.82) is 0 Å². The van der Waals surface area contributed by atoms with E-state index in [2.05, 4.69) is 19.9 Å². The smallest absolute Gasteiger partial charge is 0.493 e. The molecule has 3 aromatic rings. The third kappa shape index (κ3) is 5.88. The number of fused-ring (bicyclic) bond motifs is 1. The summed E-state index contributed by atoms with van der Waals surface area (Å²) in [5.74, 6) is 1.49. The molecule has 182 valence electrons. The Kier molecular flexibility index (Phi) is 7.69. The second kappa shape index (κ2) is 11.1. The summed E-state index contributed by atoms with van der Waals surface area (Å²) >= 11 is 0. The van der Waals surface area contributed by atoms with Gasteiger partial charge in [0.15, 0.2) is 17.1 Å². The molecule has 2 aromatic carbocycles. The van der Waals surface area contributed by atoms with Gasteiger partial charge in [0, 0.05) is 31.7 Å². The molecule has 34 heavy (non-hydrogen) atoms. The number of alkyl halides is 1. The molecule has 0 saturated carbocycles. The maximum Gasteiger partial charge on any atom is 0.513 e. The molecular weight excluding hydrogens is 445 g/mol. The van der Waals surface area contributed by atoms with Crippen LogP contribution in [0.2, 0.25) is 0 Å². The van der Waals surface area contributed by atoms with Crippen molar-refractivity contribution in [1.82, 2.24) is 9.88 Å². The number of hydrogen-bond acceptors (Lipinski definition) is 9. The molecule has 0 aliphatic carbocycles. The molecule has 1 N–H and O–H groups in total. The van der Waals surface area contributed by atoms with Gasteiger partial charge in [0.1, 0.15) is 24.5 Å². The van der Waals surface area contributed by atoms with Crippen molar-refractivity contribution in [2.24, 2.45) is 0 Å². The fourth-order valence-corrected chi connectivity index (χ4v) is 3.92. The number of carbonyl (C=O) groups is 1. The number of halogens is 1. The fourth-order valence-electron chi connectivity index (χ4n) is 3.92. The number of nitrogens with one attached hydrogen (secondary N) is 1. The Morgan fingerprint density at radius 2 is 2.00 bits per heavy atom. The van der Waals surface area contributed by atoms with Crippen molar-refractivity contribution >= 4 is 23.3 Å². The molecule has 10 heteroatoms. The van der Waals surface area contributed by atoms with Gasteiger partial charge in [0.2, 0.25) is 0 Å². The number of likely N-dealkylation sites (tertiary alicyclic amines) is 1. The number of nitrogens with zero attached hydrogens (tertiary/aromatic N) is 2. The number of ether oxygens (including phenoxy) is 4. The molecule has 9 nitrogen and oxygen atoms in total. The van der Waals surface area contributed by atoms with E-state index in [1.807, 2.05) is 18.2 Å². The third-order valence-electron chi connectivity index (χ3n) is 5.61. The summed E-state index contributed by atoms with van der Waals surface area (Å²) in [6.07, 6.45) is 1.07. The summed E-state index contributed by atoms with van der Waals surface area (Å²) < 4.78 is 38.6. The van der Waals surface area contributed by atoms with Gasteiger partial charge in [0.25, 0.3) is 6.01 Å². The van der Waals surface area contributed by atoms with E-state index < -0.39 is 12.8 Å². The highest BCUT2D eigenvalue weighted by molar-refractivity contribution is 5.77. The lowest BCUT2D eigenvalue weighted by atomic mass is 10.0. The number of anilines is 1. The number of oxazole rings is 1. The van der Waals surface area contributed by atoms with E-state index in [0.29, 0.717) is 34.4 Å². The third-order valence-corrected chi connectivity index (χ3v) is 5.61. The average molecular weight is 474 g/mol. The van der Waals surface area contributed by atoms with E-state index in [9.17, 15) is 9.18 Å². The van der Waals surface area contributed by atoms with Crippen LogP contribution >= 0.6 is 0 Å². The maximum absolute atomic E-state index is 12.5. The van der Waals surface area contributed by atoms with Crippen molar-refractivity contribution in [3.63, 3.8) is 0 Å². The lowest BCUT2D eigenvalue weighted by molar-refractivity contribution is 0.121. The first-order chi connectivity index (χ1) is 16.6. The molecule has 1 aliphatic heterocycles. The monoisotopic (exact) mass is 473 g/mol. The van der Waals surface area contributed by atoms with Gasteiger partial charge in [-0.25, -0.2) is 9.18 Å². The summed E-state index contributed by atoms with van der Waals surface area (Å²) in [6, 6.07) is 11.4. The predicted molar refractivity (Wildman–Crippen MR) is 123 cm³/mol. The Morgan fingerprint density at radius 1 is 1.18 bits per heavy atom. The van der Waals surface area contributed by atoms with E-state index in [1.54, 1.807) is 25.3 Å². The lowest BCUT2D eigenvalue weighted by Gasteiger charge is -2.32. The highest BCUT2D eigenvalue weighted by atomic mass is 19.1. The normalized spacial score (nSPS) is 14.7. The lowest BCUT2D eigenvalue weighted by Crippen LogP contribution is -2.38. The van der Waals surface area contributed by atoms with Gasteiger partial charge >= 0.3 is 6.16 Å². The Balaban J connectivity index is 1.31. The van der Waals surface area contributed by atoms with Gasteiger partial charge in [0.05, 0.1) is 14.2 Å². The van der Waals surface area contributed by atoms with Crippen LogP contribution in [0.5, 0.6) is 17.2 Å². The molecule has 4 rings (SSSR count). The Bertz CT molecular complexity index is 1110. The van der Waals surface area contributed by atoms with Crippen LogP contribution in [0.1, 0.15) is 18.4 Å². The summed E-state index contributed by atoms with van der Waals surface area (Å²) in [5.41, 5.74) is 2.28. The molecule has 1 saturated heterocycles. The number of carbonyl (C=O) groups excluding carboxylic acids is 1. The topological polar surface area (TPSA) is 95.3 Å². The first-order valence-corrected chi connectivity index (χ1v) is 11.1. The average Bonchev–Trinajstić information content (AvgIpc) is 3.25. The number of aromatic nitrogens is 1. The van der Waals surface area contributed by atoms with Gasteiger partial charge in [-0.05, 0) is 42.7 Å². The zero-order chi connectivity index (χ0) is 23.9. The molecule has 1 aliphatic rings. The second-order valence-electron chi connectivity index (χ2n) is 7.92. The second-order valence-corrected chi connectivity index (χ2v) is 7.92. The summed E-state index contributed by atoms with van der Waals surface area (Å²) in [7, 11) is 2.82. The highest BCUT2D eigenvalue weighted by Crippen LogP contribution is 2.29. The Hall–Kier alpha value is -3.53. The van der Waals surface area contributed by atoms with Crippen molar-refractivity contribution < 1.29 is 32.5 Å². The van der Waals surface area contributed by atoms with E-state index in [4.69, 9.17) is 18.6 Å². The predicted octanol–water partition coefficient (Wildman–Crippen LogP) is 4.41. The molecule has 0 radical (unpaired) electrons. The SMILES string of the molecule is COC(=O)Oc1ccc2nc(NC3CCN(Cc4ccc(OC)c(OCCF)c4)CC3)oc2c1. The van der Waals surface area contributed by atoms with Gasteiger partial charge < -0.3 is 28.7 Å². The first-order valence-electron chi connectivity index (χ1n) is 11.1. The van der Waals surface area contributed by atoms with Crippen LogP contribution < -0.4 is 19.5 Å². The van der Waals surface area contributed by atoms with Crippen molar-refractivity contribution in [2.75, 3.05) is 45.9 Å². The summed E-state index contributed by atoms with van der Waals surface area (Å²) in [6.45, 7) is 2.04. The van der Waals surface area contributed by atoms with Crippen LogP contribution in [0.3, 0.4) is 0 Å². The Morgan fingerprint density at radius 3 is 2.74 bits per heavy atom. The van der Waals surface area contributed by atoms with E-state index in [-0.39, 0.29) is 12.6 Å². The van der Waals surface area contributed by atoms with Crippen LogP contribution in [-0.4, -0.2) is 62.7 Å². The number of methoxy groups -OCH3 is 2. The molecular formula is C24H28FN3O6. The molecule has 1 aromatic heterocycles. The van der Waals surface area contributed by atoms with Gasteiger partial charge in [-0.3, -0.25) is 4.90 Å². The minimum Gasteiger partial charge on any atom is -0.493 e. The van der Waals surface area contributed by atoms with E-state index >= 15 is 0 Å². The fraction of sp³-hybridized carbons (Fsp3) is 0.417. The minimum atomic E-state index is -0.790. The van der Waals surface area contributed by atoms with Crippen LogP contribution in [-0.2, 0) is 11.3 Å². The molecule has 0 bridgehead atoms. The number of piperidine rings is 1. The van der Waals surface area contributed by atoms with Crippen LogP contribution in [0.15, 0.2) is 40.8 Å². The van der Waals surface area contributed by atoms with Crippen molar-refractivity contribution in [2.45, 2.75) is 25.4 Å². The van der Waals surface area contributed by atoms with Crippen molar-refractivity contribution in [3.8, 4) is 17.2 Å². The molecule has 2 heterocycles. The molecule has 1 fully saturated rings. The minimum absolute atomic E-state index is 0.00627. The number of rotatable bonds is 9. The van der Waals surface area contributed by atoms with Gasteiger partial charge in [-0.2, -0.15) is 4.98 Å². The van der Waals surface area contributed by atoms with Gasteiger partial charge in [-0.15, -0.1) is 0 Å². The van der Waals surface area contributed by atoms with Gasteiger partial charge in [-0.1, -0.05) is 6.07 Å². The zero-order valence-electron chi connectivity index (χ0n) is 19.2. The number of benzene rings is 2. The Labute approximate surface area is 196 Å². The quantitative estimate of drug-likeness (QED) is 0.358. The van der Waals surface area contributed by atoms with Crippen LogP contribution in [0.4, 0.5) is 15.2 Å². The summed E-state index contributed by atoms with van der Waals surface area (Å²) in [4.78, 5) is 18.1. The standard InChI is InChI=1S/C24H28FN3O6/c1-30-20-6-3-16(13-22(20)32-12-9-25)15-28-10-7-17(8-11-28)26-23-27-19-5-4-18(14-21(19)34-23)33-24(29)31-2/h3-6,13-14,17H,7-12,15H2,1-2H3,(H,26,27). The summed E-state index contributed by atoms with van der Waals surface area (Å²) in [5, 5.41) is 3.36. The molecule has 0 atom stereocenters. The number of hydrogen-bond donors (Lipinski definition) is 1. The molecule has 0 spiro atoms. The molecule has 0 unspecified atom stereocenters. The van der Waals surface area contributed by atoms with Crippen LogP contribution in [0, 0.1) is 0 Å². The largest absolute Gasteiger partial charge is 0.513 e. The zero-order valence-corrected chi connectivity index (χ0v) is 19.2.